The number of nitrogens with two attached hydrogens (primary N) is 1. The first-order valence-electron chi connectivity index (χ1n) is 8.39. The van der Waals surface area contributed by atoms with Crippen molar-refractivity contribution in [1.29, 1.82) is 0 Å². The zero-order chi connectivity index (χ0) is 21.4. The molecule has 6 nitrogen and oxygen atoms in total. The summed E-state index contributed by atoms with van der Waals surface area (Å²) in [6.07, 6.45) is -4.66. The first-order valence-corrected chi connectivity index (χ1v) is 9.87. The Morgan fingerprint density at radius 1 is 0.931 bits per heavy atom. The minimum atomic E-state index is -4.66. The quantitative estimate of drug-likeness (QED) is 0.658. The molecule has 0 radical (unpaired) electrons. The molecular formula is C19H17F3N4O2S. The summed E-state index contributed by atoms with van der Waals surface area (Å²) in [6.45, 7) is 3.31. The van der Waals surface area contributed by atoms with Crippen LogP contribution < -0.4 is 10.5 Å². The van der Waals surface area contributed by atoms with Crippen molar-refractivity contribution in [2.24, 2.45) is 0 Å². The van der Waals surface area contributed by atoms with Crippen molar-refractivity contribution < 1.29 is 21.6 Å². The molecule has 3 N–H and O–H groups in total. The van der Waals surface area contributed by atoms with Gasteiger partial charge in [0.15, 0.2) is 5.03 Å². The number of benzene rings is 1. The second-order valence-corrected chi connectivity index (χ2v) is 7.99. The smallest absolute Gasteiger partial charge is 0.383 e. The van der Waals surface area contributed by atoms with Crippen LogP contribution in [-0.4, -0.2) is 18.4 Å². The lowest BCUT2D eigenvalue weighted by Gasteiger charge is -2.16. The van der Waals surface area contributed by atoms with Gasteiger partial charge in [-0.3, -0.25) is 4.72 Å². The molecule has 0 aliphatic rings. The molecule has 0 atom stereocenters. The largest absolute Gasteiger partial charge is 0.418 e. The minimum absolute atomic E-state index is 0.0360. The average molecular weight is 422 g/mol. The molecule has 0 spiro atoms. The molecule has 0 bridgehead atoms. The number of anilines is 2. The Morgan fingerprint density at radius 3 is 2.24 bits per heavy atom. The molecule has 1 aromatic carbocycles. The van der Waals surface area contributed by atoms with Crippen molar-refractivity contribution in [2.75, 3.05) is 10.5 Å². The zero-order valence-electron chi connectivity index (χ0n) is 15.4. The maximum absolute atomic E-state index is 13.5. The summed E-state index contributed by atoms with van der Waals surface area (Å²) in [5.74, 6) is -0.231. The number of hydrogen-bond acceptors (Lipinski definition) is 5. The number of pyridine rings is 2. The van der Waals surface area contributed by atoms with Gasteiger partial charge in [0.1, 0.15) is 11.6 Å². The maximum atomic E-state index is 13.5. The molecule has 10 heteroatoms. The second kappa shape index (κ2) is 7.36. The number of aromatic nitrogens is 2. The molecule has 29 heavy (non-hydrogen) atoms. The van der Waals surface area contributed by atoms with Crippen molar-refractivity contribution in [1.82, 2.24) is 9.97 Å². The Balaban J connectivity index is 2.08. The highest BCUT2D eigenvalue weighted by Crippen LogP contribution is 2.38. The summed E-state index contributed by atoms with van der Waals surface area (Å²) in [7, 11) is -4.19. The van der Waals surface area contributed by atoms with E-state index in [4.69, 9.17) is 5.73 Å². The number of halogens is 3. The predicted molar refractivity (Wildman–Crippen MR) is 104 cm³/mol. The van der Waals surface area contributed by atoms with Gasteiger partial charge in [-0.05, 0) is 43.2 Å². The van der Waals surface area contributed by atoms with Crippen LogP contribution in [0.2, 0.25) is 0 Å². The van der Waals surface area contributed by atoms with E-state index >= 15 is 0 Å². The van der Waals surface area contributed by atoms with Gasteiger partial charge in [-0.2, -0.15) is 21.6 Å². The lowest BCUT2D eigenvalue weighted by molar-refractivity contribution is -0.137. The number of nitrogens with zero attached hydrogens (tertiary/aromatic N) is 2. The Labute approximate surface area is 165 Å². The van der Waals surface area contributed by atoms with Gasteiger partial charge in [0, 0.05) is 5.56 Å². The number of sulfonamides is 1. The van der Waals surface area contributed by atoms with Gasteiger partial charge in [0.2, 0.25) is 0 Å². The summed E-state index contributed by atoms with van der Waals surface area (Å²) < 4.78 is 67.7. The molecule has 0 saturated heterocycles. The summed E-state index contributed by atoms with van der Waals surface area (Å²) in [6, 6.07) is 10.9. The highest BCUT2D eigenvalue weighted by Gasteiger charge is 2.35. The van der Waals surface area contributed by atoms with Gasteiger partial charge >= 0.3 is 6.18 Å². The SMILES string of the molecule is Cc1ccccc1-c1nc(NS(=O)(=O)c2ccc(C)c(N)n2)ccc1C(F)(F)F. The van der Waals surface area contributed by atoms with Crippen LogP contribution in [0.15, 0.2) is 53.6 Å². The summed E-state index contributed by atoms with van der Waals surface area (Å²) >= 11 is 0. The fourth-order valence-electron chi connectivity index (χ4n) is 2.65. The van der Waals surface area contributed by atoms with Gasteiger partial charge < -0.3 is 5.73 Å². The summed E-state index contributed by atoms with van der Waals surface area (Å²) in [4.78, 5) is 7.76. The zero-order valence-corrected chi connectivity index (χ0v) is 16.3. The molecule has 2 heterocycles. The molecule has 152 valence electrons. The standard InChI is InChI=1S/C19H17F3N4O2S/c1-11-5-3-4-6-13(11)17-14(19(20,21)22)8-9-15(24-17)26-29(27,28)16-10-7-12(2)18(23)25-16/h3-10H,1-2H3,(H2,23,25)(H,24,26). The van der Waals surface area contributed by atoms with E-state index in [9.17, 15) is 21.6 Å². The third-order valence-corrected chi connectivity index (χ3v) is 5.48. The van der Waals surface area contributed by atoms with Crippen molar-refractivity contribution in [2.45, 2.75) is 25.0 Å². The van der Waals surface area contributed by atoms with Crippen LogP contribution >= 0.6 is 0 Å². The van der Waals surface area contributed by atoms with E-state index in [-0.39, 0.29) is 27.9 Å². The van der Waals surface area contributed by atoms with Gasteiger partial charge in [-0.25, -0.2) is 9.97 Å². The number of rotatable bonds is 4. The normalized spacial score (nSPS) is 12.0. The fraction of sp³-hybridized carbons (Fsp3) is 0.158. The van der Waals surface area contributed by atoms with Crippen molar-refractivity contribution >= 4 is 21.7 Å². The van der Waals surface area contributed by atoms with Crippen LogP contribution in [0.5, 0.6) is 0 Å². The summed E-state index contributed by atoms with van der Waals surface area (Å²) in [5.41, 5.74) is 5.73. The number of aryl methyl sites for hydroxylation is 2. The Hall–Kier alpha value is -3.14. The molecule has 0 amide bonds. The number of hydrogen-bond donors (Lipinski definition) is 2. The van der Waals surface area contributed by atoms with Gasteiger partial charge in [0.25, 0.3) is 10.0 Å². The molecule has 3 aromatic rings. The van der Waals surface area contributed by atoms with Gasteiger partial charge in [0.05, 0.1) is 11.3 Å². The highest BCUT2D eigenvalue weighted by atomic mass is 32.2. The average Bonchev–Trinajstić information content (AvgIpc) is 2.63. The molecule has 2 aromatic heterocycles. The Kier molecular flexibility index (Phi) is 5.22. The number of nitrogens with one attached hydrogen (secondary N) is 1. The van der Waals surface area contributed by atoms with E-state index in [2.05, 4.69) is 14.7 Å². The van der Waals surface area contributed by atoms with E-state index in [0.717, 1.165) is 12.1 Å². The van der Waals surface area contributed by atoms with E-state index in [0.29, 0.717) is 11.1 Å². The van der Waals surface area contributed by atoms with E-state index in [1.807, 2.05) is 0 Å². The molecule has 3 rings (SSSR count). The third-order valence-electron chi connectivity index (χ3n) is 4.23. The monoisotopic (exact) mass is 422 g/mol. The molecule has 0 unspecified atom stereocenters. The van der Waals surface area contributed by atoms with Crippen LogP contribution in [-0.2, 0) is 16.2 Å². The molecule has 0 aliphatic heterocycles. The topological polar surface area (TPSA) is 98.0 Å². The van der Waals surface area contributed by atoms with Crippen molar-refractivity contribution in [3.63, 3.8) is 0 Å². The minimum Gasteiger partial charge on any atom is -0.383 e. The first-order chi connectivity index (χ1) is 13.5. The van der Waals surface area contributed by atoms with Crippen LogP contribution in [0.25, 0.3) is 11.3 Å². The first kappa shape index (κ1) is 20.6. The number of alkyl halides is 3. The van der Waals surface area contributed by atoms with Gasteiger partial charge in [-0.15, -0.1) is 0 Å². The number of nitrogen functional groups attached to an aromatic ring is 1. The third kappa shape index (κ3) is 4.32. The predicted octanol–water partition coefficient (Wildman–Crippen LogP) is 4.16. The van der Waals surface area contributed by atoms with Crippen LogP contribution in [0.4, 0.5) is 24.8 Å². The van der Waals surface area contributed by atoms with Crippen LogP contribution in [0.1, 0.15) is 16.7 Å². The molecule has 0 aliphatic carbocycles. The fourth-order valence-corrected chi connectivity index (χ4v) is 3.61. The lowest BCUT2D eigenvalue weighted by atomic mass is 10.0. The van der Waals surface area contributed by atoms with E-state index < -0.39 is 21.8 Å². The summed E-state index contributed by atoms with van der Waals surface area (Å²) in [5, 5.41) is -0.361. The lowest BCUT2D eigenvalue weighted by Crippen LogP contribution is -2.17. The maximum Gasteiger partial charge on any atom is 0.418 e. The van der Waals surface area contributed by atoms with E-state index in [1.54, 1.807) is 32.0 Å². The van der Waals surface area contributed by atoms with Crippen molar-refractivity contribution in [3.05, 3.63) is 65.2 Å². The van der Waals surface area contributed by atoms with Crippen molar-refractivity contribution in [3.8, 4) is 11.3 Å². The van der Waals surface area contributed by atoms with Gasteiger partial charge in [-0.1, -0.05) is 30.3 Å². The molecular weight excluding hydrogens is 405 g/mol. The van der Waals surface area contributed by atoms with Crippen LogP contribution in [0.3, 0.4) is 0 Å². The van der Waals surface area contributed by atoms with E-state index in [1.165, 1.54) is 18.2 Å². The molecule has 0 saturated carbocycles. The highest BCUT2D eigenvalue weighted by molar-refractivity contribution is 7.92. The van der Waals surface area contributed by atoms with Crippen LogP contribution in [0, 0.1) is 13.8 Å². The Morgan fingerprint density at radius 2 is 1.62 bits per heavy atom. The Bertz CT molecular complexity index is 1180. The molecule has 0 fully saturated rings. The second-order valence-electron chi connectivity index (χ2n) is 6.36.